The number of hydrogen-bond donors (Lipinski definition) is 1. The smallest absolute Gasteiger partial charge is 0.131 e. The second kappa shape index (κ2) is 5.36. The normalized spacial score (nSPS) is 15.4. The second-order valence-corrected chi connectivity index (χ2v) is 5.06. The average Bonchev–Trinajstić information content (AvgIpc) is 2.49. The number of anilines is 3. The zero-order valence-electron chi connectivity index (χ0n) is 11.7. The van der Waals surface area contributed by atoms with E-state index in [2.05, 4.69) is 32.8 Å². The van der Waals surface area contributed by atoms with Gasteiger partial charge in [0.15, 0.2) is 0 Å². The summed E-state index contributed by atoms with van der Waals surface area (Å²) in [7, 11) is 0. The van der Waals surface area contributed by atoms with Crippen LogP contribution >= 0.6 is 0 Å². The van der Waals surface area contributed by atoms with Crippen molar-refractivity contribution >= 4 is 17.3 Å². The van der Waals surface area contributed by atoms with Crippen molar-refractivity contribution in [2.45, 2.75) is 6.92 Å². The number of rotatable bonds is 2. The van der Waals surface area contributed by atoms with Crippen LogP contribution in [0.15, 0.2) is 36.7 Å². The van der Waals surface area contributed by atoms with E-state index < -0.39 is 0 Å². The van der Waals surface area contributed by atoms with Gasteiger partial charge in [0, 0.05) is 32.4 Å². The Bertz CT molecular complexity index is 573. The maximum absolute atomic E-state index is 5.62. The Balaban J connectivity index is 1.68. The summed E-state index contributed by atoms with van der Waals surface area (Å²) >= 11 is 0. The molecule has 1 aliphatic heterocycles. The molecule has 3 rings (SSSR count). The zero-order chi connectivity index (χ0) is 13.9. The summed E-state index contributed by atoms with van der Waals surface area (Å²) in [6, 6.07) is 7.97. The molecule has 0 bridgehead atoms. The molecule has 0 unspecified atom stereocenters. The Hall–Kier alpha value is -2.30. The predicted molar refractivity (Wildman–Crippen MR) is 82.0 cm³/mol. The maximum Gasteiger partial charge on any atom is 0.131 e. The van der Waals surface area contributed by atoms with Crippen molar-refractivity contribution in [3.05, 3.63) is 42.2 Å². The van der Waals surface area contributed by atoms with Gasteiger partial charge >= 0.3 is 0 Å². The number of hydrogen-bond acceptors (Lipinski definition) is 5. The fraction of sp³-hybridized carbons (Fsp3) is 0.333. The van der Waals surface area contributed by atoms with Crippen LogP contribution < -0.4 is 15.5 Å². The molecule has 0 radical (unpaired) electrons. The summed E-state index contributed by atoms with van der Waals surface area (Å²) < 4.78 is 0. The van der Waals surface area contributed by atoms with Crippen molar-refractivity contribution < 1.29 is 0 Å². The van der Waals surface area contributed by atoms with Crippen LogP contribution in [0.3, 0.4) is 0 Å². The third kappa shape index (κ3) is 2.52. The first kappa shape index (κ1) is 12.7. The number of pyridine rings is 2. The predicted octanol–water partition coefficient (Wildman–Crippen LogP) is 1.69. The molecule has 0 aliphatic carbocycles. The van der Waals surface area contributed by atoms with Gasteiger partial charge in [-0.2, -0.15) is 0 Å². The van der Waals surface area contributed by atoms with Crippen LogP contribution in [0.2, 0.25) is 0 Å². The molecular weight excluding hydrogens is 250 g/mol. The molecule has 1 fully saturated rings. The highest BCUT2D eigenvalue weighted by atomic mass is 15.3. The lowest BCUT2D eigenvalue weighted by molar-refractivity contribution is 0.645. The largest absolute Gasteiger partial charge is 0.384 e. The van der Waals surface area contributed by atoms with Crippen LogP contribution in [-0.4, -0.2) is 36.1 Å². The zero-order valence-corrected chi connectivity index (χ0v) is 11.7. The lowest BCUT2D eigenvalue weighted by Crippen LogP contribution is -2.47. The fourth-order valence-corrected chi connectivity index (χ4v) is 2.57. The lowest BCUT2D eigenvalue weighted by atomic mass is 10.2. The molecule has 5 heteroatoms. The summed E-state index contributed by atoms with van der Waals surface area (Å²) in [6.45, 7) is 6.01. The van der Waals surface area contributed by atoms with Crippen molar-refractivity contribution in [3.63, 3.8) is 0 Å². The molecule has 2 aromatic heterocycles. The van der Waals surface area contributed by atoms with Gasteiger partial charge in [0.1, 0.15) is 11.6 Å². The summed E-state index contributed by atoms with van der Waals surface area (Å²) in [6.07, 6.45) is 3.70. The van der Waals surface area contributed by atoms with Crippen LogP contribution in [0.25, 0.3) is 0 Å². The third-order valence-corrected chi connectivity index (χ3v) is 3.70. The van der Waals surface area contributed by atoms with Gasteiger partial charge in [0.2, 0.25) is 0 Å². The van der Waals surface area contributed by atoms with Crippen molar-refractivity contribution in [3.8, 4) is 0 Å². The van der Waals surface area contributed by atoms with Gasteiger partial charge in [-0.25, -0.2) is 9.97 Å². The van der Waals surface area contributed by atoms with E-state index in [0.717, 1.165) is 37.7 Å². The van der Waals surface area contributed by atoms with Crippen LogP contribution in [0, 0.1) is 6.92 Å². The molecular formula is C15H19N5. The van der Waals surface area contributed by atoms with Gasteiger partial charge in [-0.15, -0.1) is 0 Å². The minimum Gasteiger partial charge on any atom is -0.384 e. The van der Waals surface area contributed by atoms with Crippen LogP contribution in [0.1, 0.15) is 5.56 Å². The van der Waals surface area contributed by atoms with E-state index in [9.17, 15) is 0 Å². The molecule has 0 amide bonds. The molecule has 0 aromatic carbocycles. The molecule has 1 saturated heterocycles. The highest BCUT2D eigenvalue weighted by Gasteiger charge is 2.19. The van der Waals surface area contributed by atoms with Gasteiger partial charge < -0.3 is 15.5 Å². The van der Waals surface area contributed by atoms with E-state index in [-0.39, 0.29) is 0 Å². The van der Waals surface area contributed by atoms with E-state index in [0.29, 0.717) is 5.82 Å². The van der Waals surface area contributed by atoms with E-state index in [1.807, 2.05) is 30.6 Å². The maximum atomic E-state index is 5.62. The minimum atomic E-state index is 0.566. The number of nitrogens with zero attached hydrogens (tertiary/aromatic N) is 4. The standard InChI is InChI=1S/C15H19N5/c1-12-3-2-6-17-15(12)20-9-7-19(8-10-20)13-4-5-14(16)18-11-13/h2-6,11H,7-10H2,1H3,(H2,16,18). The van der Waals surface area contributed by atoms with Crippen molar-refractivity contribution in [2.75, 3.05) is 41.7 Å². The van der Waals surface area contributed by atoms with Crippen molar-refractivity contribution in [1.29, 1.82) is 0 Å². The molecule has 3 heterocycles. The average molecular weight is 269 g/mol. The molecule has 0 atom stereocenters. The lowest BCUT2D eigenvalue weighted by Gasteiger charge is -2.37. The number of nitrogens with two attached hydrogens (primary N) is 1. The molecule has 20 heavy (non-hydrogen) atoms. The fourth-order valence-electron chi connectivity index (χ4n) is 2.57. The first-order chi connectivity index (χ1) is 9.74. The molecule has 0 saturated carbocycles. The van der Waals surface area contributed by atoms with Crippen LogP contribution in [0.4, 0.5) is 17.3 Å². The highest BCUT2D eigenvalue weighted by molar-refractivity contribution is 5.52. The van der Waals surface area contributed by atoms with Gasteiger partial charge in [0.25, 0.3) is 0 Å². The Morgan fingerprint density at radius 3 is 2.40 bits per heavy atom. The topological polar surface area (TPSA) is 58.3 Å². The van der Waals surface area contributed by atoms with Crippen molar-refractivity contribution in [1.82, 2.24) is 9.97 Å². The number of aromatic nitrogens is 2. The molecule has 1 aliphatic rings. The quantitative estimate of drug-likeness (QED) is 0.899. The highest BCUT2D eigenvalue weighted by Crippen LogP contribution is 2.21. The SMILES string of the molecule is Cc1cccnc1N1CCN(c2ccc(N)nc2)CC1. The molecule has 0 spiro atoms. The van der Waals surface area contributed by atoms with Gasteiger partial charge in [-0.3, -0.25) is 0 Å². The number of piperazine rings is 1. The molecule has 5 nitrogen and oxygen atoms in total. The summed E-state index contributed by atoms with van der Waals surface area (Å²) in [5.74, 6) is 1.67. The van der Waals surface area contributed by atoms with E-state index in [1.54, 1.807) is 0 Å². The monoisotopic (exact) mass is 269 g/mol. The Labute approximate surface area is 119 Å². The number of nitrogen functional groups attached to an aromatic ring is 1. The van der Waals surface area contributed by atoms with Gasteiger partial charge in [-0.1, -0.05) is 6.07 Å². The summed E-state index contributed by atoms with van der Waals surface area (Å²) in [4.78, 5) is 13.3. The second-order valence-electron chi connectivity index (χ2n) is 5.06. The van der Waals surface area contributed by atoms with Crippen molar-refractivity contribution in [2.24, 2.45) is 0 Å². The van der Waals surface area contributed by atoms with Gasteiger partial charge in [0.05, 0.1) is 11.9 Å². The molecule has 2 N–H and O–H groups in total. The van der Waals surface area contributed by atoms with Crippen LogP contribution in [0.5, 0.6) is 0 Å². The number of aryl methyl sites for hydroxylation is 1. The summed E-state index contributed by atoms with van der Waals surface area (Å²) in [5.41, 5.74) is 7.99. The first-order valence-corrected chi connectivity index (χ1v) is 6.87. The molecule has 104 valence electrons. The Morgan fingerprint density at radius 2 is 1.75 bits per heavy atom. The van der Waals surface area contributed by atoms with Gasteiger partial charge in [-0.05, 0) is 30.7 Å². The minimum absolute atomic E-state index is 0.566. The molecule has 2 aromatic rings. The van der Waals surface area contributed by atoms with E-state index in [4.69, 9.17) is 5.73 Å². The Kier molecular flexibility index (Phi) is 3.41. The summed E-state index contributed by atoms with van der Waals surface area (Å²) in [5, 5.41) is 0. The van der Waals surface area contributed by atoms with E-state index >= 15 is 0 Å². The van der Waals surface area contributed by atoms with Crippen LogP contribution in [-0.2, 0) is 0 Å². The first-order valence-electron chi connectivity index (χ1n) is 6.87. The van der Waals surface area contributed by atoms with E-state index in [1.165, 1.54) is 5.56 Å². The Morgan fingerprint density at radius 1 is 1.00 bits per heavy atom. The third-order valence-electron chi connectivity index (χ3n) is 3.70.